The molecule has 1 unspecified atom stereocenters. The van der Waals surface area contributed by atoms with E-state index in [1.54, 1.807) is 24.1 Å². The van der Waals surface area contributed by atoms with Gasteiger partial charge in [0.1, 0.15) is 18.0 Å². The van der Waals surface area contributed by atoms with Gasteiger partial charge in [-0.2, -0.15) is 0 Å². The van der Waals surface area contributed by atoms with Crippen LogP contribution in [0.5, 0.6) is 5.75 Å². The number of esters is 1. The number of likely N-dealkylation sites (N-methyl/N-ethyl adjacent to an activating group) is 1. The molecule has 10 heteroatoms. The highest BCUT2D eigenvalue weighted by Crippen LogP contribution is 2.42. The van der Waals surface area contributed by atoms with Crippen LogP contribution in [0.4, 0.5) is 4.79 Å². The standard InChI is InChI=1S/C32H38N4O6/c1-32(2,3)42-30(38)22-7-5-21(6-8-22)20-36-26-10-9-23(41-18-15-34-13-16-40-17-14-34)19-25(26)24-11-12-35-28(27(24)36)29(37)33(4)31(35)39/h5-10,19,28H,11-18,20H2,1-4H3. The van der Waals surface area contributed by atoms with Gasteiger partial charge in [0.2, 0.25) is 0 Å². The van der Waals surface area contributed by atoms with Gasteiger partial charge in [0.15, 0.2) is 6.04 Å². The Morgan fingerprint density at radius 2 is 1.76 bits per heavy atom. The minimum Gasteiger partial charge on any atom is -0.492 e. The number of aromatic nitrogens is 1. The Morgan fingerprint density at radius 3 is 2.48 bits per heavy atom. The van der Waals surface area contributed by atoms with E-state index >= 15 is 0 Å². The molecule has 4 heterocycles. The molecule has 3 aliphatic heterocycles. The van der Waals surface area contributed by atoms with Gasteiger partial charge in [-0.15, -0.1) is 0 Å². The lowest BCUT2D eigenvalue weighted by Gasteiger charge is -2.29. The van der Waals surface area contributed by atoms with Gasteiger partial charge < -0.3 is 23.7 Å². The molecule has 2 saturated heterocycles. The Kier molecular flexibility index (Phi) is 7.44. The molecule has 222 valence electrons. The van der Waals surface area contributed by atoms with E-state index in [-0.39, 0.29) is 17.9 Å². The van der Waals surface area contributed by atoms with Crippen LogP contribution in [0, 0.1) is 0 Å². The average Bonchev–Trinajstić information content (AvgIpc) is 3.39. The van der Waals surface area contributed by atoms with E-state index in [0.29, 0.717) is 31.7 Å². The molecule has 10 nitrogen and oxygen atoms in total. The first-order chi connectivity index (χ1) is 20.1. The van der Waals surface area contributed by atoms with Gasteiger partial charge in [-0.05, 0) is 68.7 Å². The molecule has 0 N–H and O–H groups in total. The third-order valence-electron chi connectivity index (χ3n) is 8.16. The van der Waals surface area contributed by atoms with Gasteiger partial charge in [-0.25, -0.2) is 9.59 Å². The van der Waals surface area contributed by atoms with Crippen molar-refractivity contribution in [2.75, 3.05) is 53.0 Å². The summed E-state index contributed by atoms with van der Waals surface area (Å²) in [7, 11) is 1.55. The fourth-order valence-electron chi connectivity index (χ4n) is 6.08. The molecule has 0 radical (unpaired) electrons. The lowest BCUT2D eigenvalue weighted by molar-refractivity contribution is -0.127. The molecule has 0 aliphatic carbocycles. The molecule has 0 saturated carbocycles. The Bertz CT molecular complexity index is 1520. The number of benzene rings is 2. The van der Waals surface area contributed by atoms with Crippen LogP contribution >= 0.6 is 0 Å². The highest BCUT2D eigenvalue weighted by Gasteiger charge is 2.48. The van der Waals surface area contributed by atoms with E-state index in [1.807, 2.05) is 45.0 Å². The topological polar surface area (TPSA) is 93.6 Å². The molecule has 1 atom stereocenters. The number of fused-ring (bicyclic) bond motifs is 5. The van der Waals surface area contributed by atoms with Gasteiger partial charge in [0.05, 0.1) is 24.5 Å². The molecule has 1 aromatic heterocycles. The van der Waals surface area contributed by atoms with E-state index in [1.165, 1.54) is 4.90 Å². The Labute approximate surface area is 245 Å². The maximum Gasteiger partial charge on any atom is 0.338 e. The number of morpholine rings is 1. The van der Waals surface area contributed by atoms with Crippen LogP contribution in [0.3, 0.4) is 0 Å². The number of hydrogen-bond donors (Lipinski definition) is 0. The maximum absolute atomic E-state index is 13.3. The zero-order valence-corrected chi connectivity index (χ0v) is 24.7. The van der Waals surface area contributed by atoms with Crippen molar-refractivity contribution in [3.63, 3.8) is 0 Å². The smallest absolute Gasteiger partial charge is 0.338 e. The first-order valence-corrected chi connectivity index (χ1v) is 14.6. The zero-order valence-electron chi connectivity index (χ0n) is 24.7. The third-order valence-corrected chi connectivity index (χ3v) is 8.16. The van der Waals surface area contributed by atoms with Crippen molar-refractivity contribution in [2.45, 2.75) is 45.4 Å². The molecule has 2 aromatic carbocycles. The Morgan fingerprint density at radius 1 is 1.02 bits per heavy atom. The van der Waals surface area contributed by atoms with E-state index in [4.69, 9.17) is 14.2 Å². The van der Waals surface area contributed by atoms with Crippen molar-refractivity contribution in [2.24, 2.45) is 0 Å². The number of nitrogens with zero attached hydrogens (tertiary/aromatic N) is 4. The van der Waals surface area contributed by atoms with Gasteiger partial charge in [-0.3, -0.25) is 14.6 Å². The van der Waals surface area contributed by atoms with Crippen LogP contribution in [0.15, 0.2) is 42.5 Å². The zero-order chi connectivity index (χ0) is 29.6. The van der Waals surface area contributed by atoms with E-state index < -0.39 is 11.6 Å². The van der Waals surface area contributed by atoms with E-state index in [0.717, 1.165) is 66.3 Å². The summed E-state index contributed by atoms with van der Waals surface area (Å²) in [6.07, 6.45) is 0.650. The van der Waals surface area contributed by atoms with Gasteiger partial charge in [-0.1, -0.05) is 12.1 Å². The van der Waals surface area contributed by atoms with Gasteiger partial charge in [0.25, 0.3) is 5.91 Å². The normalized spacial score (nSPS) is 19.3. The number of carbonyl (C=O) groups is 3. The predicted octanol–water partition coefficient (Wildman–Crippen LogP) is 3.85. The summed E-state index contributed by atoms with van der Waals surface area (Å²) >= 11 is 0. The molecular weight excluding hydrogens is 536 g/mol. The first-order valence-electron chi connectivity index (χ1n) is 14.6. The molecule has 3 aromatic rings. The lowest BCUT2D eigenvalue weighted by Crippen LogP contribution is -2.38. The van der Waals surface area contributed by atoms with Crippen LogP contribution < -0.4 is 4.74 Å². The Hall–Kier alpha value is -3.89. The van der Waals surface area contributed by atoms with Crippen molar-refractivity contribution in [3.05, 3.63) is 64.8 Å². The van der Waals surface area contributed by atoms with Gasteiger partial charge in [0, 0.05) is 50.7 Å². The second kappa shape index (κ2) is 11.1. The van der Waals surface area contributed by atoms with Gasteiger partial charge >= 0.3 is 12.0 Å². The number of carbonyl (C=O) groups excluding carboxylic acids is 3. The van der Waals surface area contributed by atoms with Crippen molar-refractivity contribution < 1.29 is 28.6 Å². The second-order valence-corrected chi connectivity index (χ2v) is 12.2. The second-order valence-electron chi connectivity index (χ2n) is 12.2. The Balaban J connectivity index is 1.32. The van der Waals surface area contributed by atoms with Crippen molar-refractivity contribution >= 4 is 28.8 Å². The number of urea groups is 1. The summed E-state index contributed by atoms with van der Waals surface area (Å²) in [6.45, 7) is 11.2. The monoisotopic (exact) mass is 574 g/mol. The number of ether oxygens (including phenoxy) is 3. The predicted molar refractivity (Wildman–Crippen MR) is 157 cm³/mol. The van der Waals surface area contributed by atoms with Crippen LogP contribution in [0.25, 0.3) is 10.9 Å². The maximum atomic E-state index is 13.3. The molecular formula is C32H38N4O6. The van der Waals surface area contributed by atoms with E-state index in [9.17, 15) is 14.4 Å². The van der Waals surface area contributed by atoms with Crippen molar-refractivity contribution in [1.29, 1.82) is 0 Å². The minimum atomic E-state index is -0.662. The summed E-state index contributed by atoms with van der Waals surface area (Å²) in [4.78, 5) is 44.0. The number of rotatable bonds is 7. The van der Waals surface area contributed by atoms with E-state index in [2.05, 4.69) is 15.5 Å². The molecule has 42 heavy (non-hydrogen) atoms. The SMILES string of the molecule is CN1C(=O)C2c3c(c4cc(OCCN5CCOCC5)ccc4n3Cc3ccc(C(=O)OC(C)(C)C)cc3)CCN2C1=O. The number of hydrogen-bond acceptors (Lipinski definition) is 7. The summed E-state index contributed by atoms with van der Waals surface area (Å²) in [5, 5.41) is 1.04. The van der Waals surface area contributed by atoms with Crippen molar-refractivity contribution in [1.82, 2.24) is 19.3 Å². The van der Waals surface area contributed by atoms with Crippen LogP contribution in [0.2, 0.25) is 0 Å². The molecule has 0 spiro atoms. The molecule has 2 fully saturated rings. The average molecular weight is 575 g/mol. The summed E-state index contributed by atoms with van der Waals surface area (Å²) in [5.41, 5.74) is 3.78. The summed E-state index contributed by atoms with van der Waals surface area (Å²) < 4.78 is 19.3. The number of imide groups is 1. The first kappa shape index (κ1) is 28.2. The summed E-state index contributed by atoms with van der Waals surface area (Å²) in [5.74, 6) is 0.200. The molecule has 3 aliphatic rings. The third kappa shape index (κ3) is 5.36. The largest absolute Gasteiger partial charge is 0.492 e. The fourth-order valence-corrected chi connectivity index (χ4v) is 6.08. The molecule has 0 bridgehead atoms. The quantitative estimate of drug-likeness (QED) is 0.313. The lowest BCUT2D eigenvalue weighted by atomic mass is 9.97. The molecule has 3 amide bonds. The summed E-state index contributed by atoms with van der Waals surface area (Å²) in [6, 6.07) is 12.5. The van der Waals surface area contributed by atoms with Crippen LogP contribution in [-0.4, -0.2) is 95.8 Å². The molecule has 6 rings (SSSR count). The minimum absolute atomic E-state index is 0.215. The van der Waals surface area contributed by atoms with Crippen LogP contribution in [0.1, 0.15) is 54.0 Å². The fraction of sp³-hybridized carbons (Fsp3) is 0.469. The number of amides is 3. The highest BCUT2D eigenvalue weighted by atomic mass is 16.6. The van der Waals surface area contributed by atoms with Crippen LogP contribution in [-0.2, 0) is 27.2 Å². The van der Waals surface area contributed by atoms with Crippen molar-refractivity contribution in [3.8, 4) is 5.75 Å². The highest BCUT2D eigenvalue weighted by molar-refractivity contribution is 6.05.